The van der Waals surface area contributed by atoms with Crippen molar-refractivity contribution >= 4 is 17.8 Å². The molecular formula is C13H13FN4O3. The number of imide groups is 1. The van der Waals surface area contributed by atoms with Crippen LogP contribution in [-0.2, 0) is 4.79 Å². The minimum Gasteiger partial charge on any atom is -0.338 e. The third-order valence-corrected chi connectivity index (χ3v) is 3.91. The van der Waals surface area contributed by atoms with E-state index in [0.29, 0.717) is 12.8 Å². The fourth-order valence-electron chi connectivity index (χ4n) is 2.69. The molecule has 7 nitrogen and oxygen atoms in total. The summed E-state index contributed by atoms with van der Waals surface area (Å²) in [6.45, 7) is 0.529. The number of halogens is 1. The third kappa shape index (κ3) is 2.22. The van der Waals surface area contributed by atoms with Crippen LogP contribution >= 0.6 is 0 Å². The van der Waals surface area contributed by atoms with Gasteiger partial charge in [0, 0.05) is 19.3 Å². The Bertz CT molecular complexity index is 626. The summed E-state index contributed by atoms with van der Waals surface area (Å²) in [4.78, 5) is 40.2. The summed E-state index contributed by atoms with van der Waals surface area (Å²) in [5, 5.41) is 4.81. The van der Waals surface area contributed by atoms with Gasteiger partial charge in [-0.1, -0.05) is 0 Å². The first-order valence-corrected chi connectivity index (χ1v) is 6.55. The lowest BCUT2D eigenvalue weighted by molar-refractivity contribution is -0.125. The van der Waals surface area contributed by atoms with Gasteiger partial charge in [-0.2, -0.15) is 4.39 Å². The molecule has 1 spiro atoms. The number of urea groups is 1. The summed E-state index contributed by atoms with van der Waals surface area (Å²) in [7, 11) is 0. The van der Waals surface area contributed by atoms with Crippen LogP contribution in [-0.4, -0.2) is 46.4 Å². The zero-order valence-electron chi connectivity index (χ0n) is 11.1. The summed E-state index contributed by atoms with van der Waals surface area (Å²) >= 11 is 0. The predicted molar refractivity (Wildman–Crippen MR) is 68.7 cm³/mol. The average Bonchev–Trinajstić information content (AvgIpc) is 2.74. The summed E-state index contributed by atoms with van der Waals surface area (Å²) in [5.41, 5.74) is -1.03. The van der Waals surface area contributed by atoms with Gasteiger partial charge >= 0.3 is 6.03 Å². The fraction of sp³-hybridized carbons (Fsp3) is 0.385. The van der Waals surface area contributed by atoms with Crippen LogP contribution in [0.3, 0.4) is 0 Å². The zero-order valence-corrected chi connectivity index (χ0v) is 11.1. The van der Waals surface area contributed by atoms with E-state index >= 15 is 0 Å². The summed E-state index contributed by atoms with van der Waals surface area (Å²) < 4.78 is 13.5. The molecule has 21 heavy (non-hydrogen) atoms. The Kier molecular flexibility index (Phi) is 3.08. The van der Waals surface area contributed by atoms with Gasteiger partial charge < -0.3 is 10.2 Å². The largest absolute Gasteiger partial charge is 0.338 e. The average molecular weight is 292 g/mol. The Labute approximate surface area is 119 Å². The van der Waals surface area contributed by atoms with Crippen molar-refractivity contribution in [3.05, 3.63) is 29.8 Å². The van der Waals surface area contributed by atoms with E-state index in [2.05, 4.69) is 15.6 Å². The summed E-state index contributed by atoms with van der Waals surface area (Å²) in [6, 6.07) is 2.35. The molecule has 2 aliphatic heterocycles. The number of aromatic nitrogens is 1. The van der Waals surface area contributed by atoms with E-state index < -0.39 is 23.4 Å². The van der Waals surface area contributed by atoms with Crippen LogP contribution in [0.15, 0.2) is 18.3 Å². The van der Waals surface area contributed by atoms with Crippen LogP contribution in [0.4, 0.5) is 9.18 Å². The number of amides is 4. The molecule has 0 aromatic carbocycles. The van der Waals surface area contributed by atoms with Gasteiger partial charge in [0.25, 0.3) is 11.8 Å². The Morgan fingerprint density at radius 1 is 1.33 bits per heavy atom. The molecule has 3 heterocycles. The van der Waals surface area contributed by atoms with Crippen LogP contribution < -0.4 is 10.6 Å². The third-order valence-electron chi connectivity index (χ3n) is 3.91. The molecule has 0 atom stereocenters. The quantitative estimate of drug-likeness (QED) is 0.564. The lowest BCUT2D eigenvalue weighted by Gasteiger charge is -2.36. The molecule has 0 radical (unpaired) electrons. The number of pyridine rings is 1. The van der Waals surface area contributed by atoms with E-state index in [0.717, 1.165) is 0 Å². The van der Waals surface area contributed by atoms with Crippen molar-refractivity contribution in [3.8, 4) is 0 Å². The maximum atomic E-state index is 13.5. The first-order valence-electron chi connectivity index (χ1n) is 6.55. The van der Waals surface area contributed by atoms with Gasteiger partial charge in [0.2, 0.25) is 5.95 Å². The molecule has 8 heteroatoms. The van der Waals surface area contributed by atoms with Crippen LogP contribution in [0.25, 0.3) is 0 Å². The molecule has 2 saturated heterocycles. The monoisotopic (exact) mass is 292 g/mol. The molecule has 2 N–H and O–H groups in total. The van der Waals surface area contributed by atoms with Crippen molar-refractivity contribution < 1.29 is 18.8 Å². The number of piperidine rings is 1. The lowest BCUT2D eigenvalue weighted by atomic mass is 9.87. The van der Waals surface area contributed by atoms with Crippen LogP contribution in [0, 0.1) is 5.95 Å². The van der Waals surface area contributed by atoms with Crippen LogP contribution in [0.1, 0.15) is 23.2 Å². The highest BCUT2D eigenvalue weighted by atomic mass is 19.1. The van der Waals surface area contributed by atoms with Gasteiger partial charge in [-0.05, 0) is 25.0 Å². The molecule has 4 amide bonds. The normalized spacial score (nSPS) is 20.3. The highest BCUT2D eigenvalue weighted by Gasteiger charge is 2.48. The molecule has 0 saturated carbocycles. The van der Waals surface area contributed by atoms with E-state index in [1.807, 2.05) is 0 Å². The van der Waals surface area contributed by atoms with Gasteiger partial charge in [0.05, 0.1) is 5.56 Å². The second kappa shape index (κ2) is 4.80. The zero-order chi connectivity index (χ0) is 15.0. The Morgan fingerprint density at radius 2 is 2.05 bits per heavy atom. The second-order valence-corrected chi connectivity index (χ2v) is 5.12. The van der Waals surface area contributed by atoms with Gasteiger partial charge in [-0.15, -0.1) is 0 Å². The first kappa shape index (κ1) is 13.5. The number of likely N-dealkylation sites (tertiary alicyclic amines) is 1. The Hall–Kier alpha value is -2.51. The Balaban J connectivity index is 1.72. The van der Waals surface area contributed by atoms with Crippen molar-refractivity contribution in [2.45, 2.75) is 18.4 Å². The van der Waals surface area contributed by atoms with Crippen molar-refractivity contribution in [2.75, 3.05) is 13.1 Å². The van der Waals surface area contributed by atoms with Gasteiger partial charge in [-0.25, -0.2) is 9.78 Å². The lowest BCUT2D eigenvalue weighted by Crippen LogP contribution is -2.55. The second-order valence-electron chi connectivity index (χ2n) is 5.12. The van der Waals surface area contributed by atoms with E-state index in [1.54, 1.807) is 0 Å². The predicted octanol–water partition coefficient (Wildman–Crippen LogP) is 0.0349. The van der Waals surface area contributed by atoms with Gasteiger partial charge in [0.15, 0.2) is 0 Å². The van der Waals surface area contributed by atoms with E-state index in [9.17, 15) is 18.8 Å². The number of carbonyl (C=O) groups excluding carboxylic acids is 3. The molecule has 1 aromatic rings. The fourth-order valence-corrected chi connectivity index (χ4v) is 2.69. The highest BCUT2D eigenvalue weighted by Crippen LogP contribution is 2.26. The van der Waals surface area contributed by atoms with Crippen molar-refractivity contribution in [1.29, 1.82) is 0 Å². The molecule has 0 bridgehead atoms. The van der Waals surface area contributed by atoms with Gasteiger partial charge in [0.1, 0.15) is 5.54 Å². The molecule has 2 aliphatic rings. The number of nitrogens with one attached hydrogen (secondary N) is 2. The topological polar surface area (TPSA) is 91.4 Å². The number of hydrogen-bond donors (Lipinski definition) is 2. The Morgan fingerprint density at radius 3 is 2.62 bits per heavy atom. The summed E-state index contributed by atoms with van der Waals surface area (Å²) in [6.07, 6.45) is 1.88. The molecule has 110 valence electrons. The van der Waals surface area contributed by atoms with Crippen LogP contribution in [0.5, 0.6) is 0 Å². The van der Waals surface area contributed by atoms with Crippen LogP contribution in [0.2, 0.25) is 0 Å². The molecule has 2 fully saturated rings. The van der Waals surface area contributed by atoms with Crippen molar-refractivity contribution in [3.63, 3.8) is 0 Å². The van der Waals surface area contributed by atoms with Crippen molar-refractivity contribution in [2.24, 2.45) is 0 Å². The first-order chi connectivity index (χ1) is 10.0. The summed E-state index contributed by atoms with van der Waals surface area (Å²) in [5.74, 6) is -1.64. The molecule has 3 rings (SSSR count). The number of rotatable bonds is 1. The molecule has 0 unspecified atom stereocenters. The minimum atomic E-state index is -0.943. The molecular weight excluding hydrogens is 279 g/mol. The smallest absolute Gasteiger partial charge is 0.322 e. The minimum absolute atomic E-state index is 0.0895. The highest BCUT2D eigenvalue weighted by molar-refractivity contribution is 6.07. The number of hydrogen-bond acceptors (Lipinski definition) is 4. The van der Waals surface area contributed by atoms with E-state index in [-0.39, 0.29) is 24.6 Å². The maximum absolute atomic E-state index is 13.5. The number of carbonyl (C=O) groups is 3. The van der Waals surface area contributed by atoms with Gasteiger partial charge in [-0.3, -0.25) is 14.9 Å². The SMILES string of the molecule is O=C1NC(=O)C2(CCN(C(=O)c3cccnc3F)CC2)N1. The van der Waals surface area contributed by atoms with E-state index in [1.165, 1.54) is 23.2 Å². The van der Waals surface area contributed by atoms with Crippen molar-refractivity contribution in [1.82, 2.24) is 20.5 Å². The molecule has 0 aliphatic carbocycles. The number of nitrogens with zero attached hydrogens (tertiary/aromatic N) is 2. The molecule has 1 aromatic heterocycles. The maximum Gasteiger partial charge on any atom is 0.322 e. The van der Waals surface area contributed by atoms with E-state index in [4.69, 9.17) is 0 Å². The standard InChI is InChI=1S/C13H13FN4O3/c14-9-8(2-1-5-15-9)10(19)18-6-3-13(4-7-18)11(20)16-12(21)17-13/h1-2,5H,3-4,6-7H2,(H2,16,17,20,21).